The maximum Gasteiger partial charge on any atom is 1.00 e. The van der Waals surface area contributed by atoms with Crippen LogP contribution in [-0.2, 0) is 17.1 Å². The minimum absolute atomic E-state index is 0. The molecule has 0 unspecified atom stereocenters. The Labute approximate surface area is 321 Å². The summed E-state index contributed by atoms with van der Waals surface area (Å²) in [6.45, 7) is 3.28. The Morgan fingerprint density at radius 1 is 0.509 bits per heavy atom. The van der Waals surface area contributed by atoms with E-state index in [1.54, 1.807) is 0 Å². The van der Waals surface area contributed by atoms with E-state index in [1.807, 2.05) is 0 Å². The summed E-state index contributed by atoms with van der Waals surface area (Å²) in [5.74, 6) is 0. The van der Waals surface area contributed by atoms with Crippen LogP contribution < -0.4 is 0 Å². The van der Waals surface area contributed by atoms with Crippen molar-refractivity contribution >= 4 is 62.6 Å². The fraction of sp³-hybridized carbons (Fsp3) is 0.182. The molecule has 3 aromatic rings. The molecule has 0 aliphatic carbocycles. The van der Waals surface area contributed by atoms with Crippen LogP contribution in [-0.4, -0.2) is 93.9 Å². The second-order valence-electron chi connectivity index (χ2n) is 14.2. The number of allylic oxidation sites excluding steroid dienone is 9. The van der Waals surface area contributed by atoms with Crippen LogP contribution in [0.3, 0.4) is 0 Å². The number of fused-ring (bicyclic) bond motifs is 8. The first-order valence-electron chi connectivity index (χ1n) is 17.9. The quantitative estimate of drug-likeness (QED) is 0.207. The zero-order valence-electron chi connectivity index (χ0n) is 30.4. The van der Waals surface area contributed by atoms with E-state index in [2.05, 4.69) is 180 Å². The third-order valence-electron chi connectivity index (χ3n) is 10.2. The number of nitrogens with zero attached hydrogens (tertiary/aromatic N) is 6. The van der Waals surface area contributed by atoms with E-state index in [0.29, 0.717) is 0 Å². The Hall–Kier alpha value is -5.76. The van der Waals surface area contributed by atoms with Crippen LogP contribution in [0.2, 0.25) is 0 Å². The third-order valence-corrected chi connectivity index (χ3v) is 10.2. The van der Waals surface area contributed by atoms with Crippen molar-refractivity contribution in [2.75, 3.05) is 54.4 Å². The smallest absolute Gasteiger partial charge is 0.377 e. The number of likely N-dealkylation sites (N-methyl/N-ethyl adjacent to an activating group) is 4. The average Bonchev–Trinajstić information content (AvgIpc) is 3.95. The molecule has 2 N–H and O–H groups in total. The monoisotopic (exact) mass is 745 g/mol. The molecule has 0 spiro atoms. The van der Waals surface area contributed by atoms with Gasteiger partial charge in [-0.15, -0.1) is 0 Å². The van der Waals surface area contributed by atoms with Crippen LogP contribution in [0.4, 0.5) is 0 Å². The van der Waals surface area contributed by atoms with Crippen LogP contribution in [0, 0.1) is 0 Å². The second-order valence-corrected chi connectivity index (χ2v) is 14.2. The van der Waals surface area contributed by atoms with Gasteiger partial charge in [-0.05, 0) is 120 Å². The van der Waals surface area contributed by atoms with Crippen molar-refractivity contribution in [3.63, 3.8) is 0 Å². The molecule has 6 aliphatic heterocycles. The zero-order valence-corrected chi connectivity index (χ0v) is 31.3. The van der Waals surface area contributed by atoms with Gasteiger partial charge in [-0.2, -0.15) is 0 Å². The number of hydrogen-bond donors (Lipinski definition) is 2. The van der Waals surface area contributed by atoms with E-state index in [1.165, 1.54) is 27.8 Å². The maximum absolute atomic E-state index is 5.52. The van der Waals surface area contributed by atoms with Crippen LogP contribution in [0.5, 0.6) is 0 Å². The van der Waals surface area contributed by atoms with Gasteiger partial charge in [-0.25, -0.2) is 9.97 Å². The van der Waals surface area contributed by atoms with Crippen molar-refractivity contribution in [3.8, 4) is 0 Å². The number of nitrogens with one attached hydrogen (secondary N) is 2. The van der Waals surface area contributed by atoms with Crippen molar-refractivity contribution < 1.29 is 17.1 Å². The third kappa shape index (κ3) is 6.70. The SMILES string of the molecule is CN1C=CC(C2=Cc3cc4ccc(cc5nc(cc6[nH]c(c(C7=CCN(C)C=C7)c2n3)c(C2=CCN(C)C=C2)c6C2=CCN(C)C=C2)C=C5)[nH]4)=CC1.[Cu+]. The largest absolute Gasteiger partial charge is 1.00 e. The first kappa shape index (κ1) is 34.3. The molecule has 0 saturated heterocycles. The van der Waals surface area contributed by atoms with Gasteiger partial charge >= 0.3 is 17.1 Å². The summed E-state index contributed by atoms with van der Waals surface area (Å²) in [4.78, 5) is 27.0. The topological polar surface area (TPSA) is 70.3 Å². The van der Waals surface area contributed by atoms with E-state index < -0.39 is 0 Å². The fourth-order valence-electron chi connectivity index (χ4n) is 7.42. The summed E-state index contributed by atoms with van der Waals surface area (Å²) in [5.41, 5.74) is 16.9. The van der Waals surface area contributed by atoms with Gasteiger partial charge in [0.2, 0.25) is 0 Å². The summed E-state index contributed by atoms with van der Waals surface area (Å²) in [7, 11) is 8.45. The summed E-state index contributed by atoms with van der Waals surface area (Å²) >= 11 is 0. The molecule has 8 bridgehead atoms. The van der Waals surface area contributed by atoms with Crippen molar-refractivity contribution in [2.45, 2.75) is 0 Å². The number of hydrogen-bond acceptors (Lipinski definition) is 6. The van der Waals surface area contributed by atoms with Crippen LogP contribution in [0.1, 0.15) is 39.5 Å². The Kier molecular flexibility index (Phi) is 9.06. The molecule has 0 fully saturated rings. The number of H-pyrrole nitrogens is 2. The number of aromatic nitrogens is 4. The Bertz CT molecular complexity index is 2490. The first-order valence-corrected chi connectivity index (χ1v) is 17.9. The molecule has 9 heteroatoms. The Morgan fingerprint density at radius 3 is 1.55 bits per heavy atom. The van der Waals surface area contributed by atoms with Gasteiger partial charge < -0.3 is 29.6 Å². The minimum atomic E-state index is 0. The Morgan fingerprint density at radius 2 is 1.00 bits per heavy atom. The molecular weight excluding hydrogens is 704 g/mol. The average molecular weight is 746 g/mol. The molecule has 268 valence electrons. The molecule has 9 heterocycles. The molecule has 9 rings (SSSR count). The number of aromatic amines is 2. The standard InChI is InChI=1S/C44H42N8.Cu/c1-49-17-9-29(10-18-49)38-27-37-26-35-6-5-33(45-35)25-34-7-8-36(46-34)28-39-40(30-11-19-50(2)20-12-30)41(31-13-21-51(3)22-14-31)44(48-39)42(43(38)47-37)32-15-23-52(4)24-16-32;/h5-17,19,21,23,25-28,45,48H,18,20,22,24H2,1-4H3;/q;+1. The van der Waals surface area contributed by atoms with E-state index in [0.717, 1.165) is 87.7 Å². The predicted octanol–water partition coefficient (Wildman–Crippen LogP) is 7.94. The second kappa shape index (κ2) is 14.0. The van der Waals surface area contributed by atoms with Crippen LogP contribution in [0.15, 0.2) is 109 Å². The molecule has 0 amide bonds. The van der Waals surface area contributed by atoms with E-state index in [4.69, 9.17) is 9.97 Å². The van der Waals surface area contributed by atoms with Crippen molar-refractivity contribution in [2.24, 2.45) is 0 Å². The molecule has 0 atom stereocenters. The zero-order chi connectivity index (χ0) is 35.3. The molecule has 8 nitrogen and oxygen atoms in total. The van der Waals surface area contributed by atoms with Gasteiger partial charge in [0.1, 0.15) is 0 Å². The predicted molar refractivity (Wildman–Crippen MR) is 217 cm³/mol. The summed E-state index contributed by atoms with van der Waals surface area (Å²) < 4.78 is 0. The normalized spacial score (nSPS) is 17.8. The van der Waals surface area contributed by atoms with Gasteiger partial charge in [0.15, 0.2) is 0 Å². The molecule has 0 saturated carbocycles. The van der Waals surface area contributed by atoms with Gasteiger partial charge in [-0.3, -0.25) is 0 Å². The fourth-order valence-corrected chi connectivity index (χ4v) is 7.42. The molecule has 53 heavy (non-hydrogen) atoms. The molecule has 3 aromatic heterocycles. The molecular formula is C44H42CuN8+. The Balaban J connectivity index is 0.00000400. The molecule has 0 aromatic carbocycles. The number of rotatable bonds is 4. The van der Waals surface area contributed by atoms with Gasteiger partial charge in [0, 0.05) is 93.2 Å². The van der Waals surface area contributed by atoms with E-state index in [9.17, 15) is 0 Å². The first-order chi connectivity index (χ1) is 25.3. The van der Waals surface area contributed by atoms with Crippen molar-refractivity contribution in [1.29, 1.82) is 0 Å². The molecule has 0 radical (unpaired) electrons. The van der Waals surface area contributed by atoms with Crippen LogP contribution in [0.25, 0.3) is 62.6 Å². The van der Waals surface area contributed by atoms with Gasteiger partial charge in [-0.1, -0.05) is 24.3 Å². The minimum Gasteiger partial charge on any atom is -0.377 e. The van der Waals surface area contributed by atoms with E-state index in [-0.39, 0.29) is 17.1 Å². The summed E-state index contributed by atoms with van der Waals surface area (Å²) in [5, 5.41) is 0. The van der Waals surface area contributed by atoms with Crippen molar-refractivity contribution in [3.05, 3.63) is 149 Å². The van der Waals surface area contributed by atoms with E-state index >= 15 is 0 Å². The maximum atomic E-state index is 5.52. The van der Waals surface area contributed by atoms with Gasteiger partial charge in [0.25, 0.3) is 0 Å². The summed E-state index contributed by atoms with van der Waals surface area (Å²) in [6, 6.07) is 10.7. The van der Waals surface area contributed by atoms with Crippen molar-refractivity contribution in [1.82, 2.24) is 39.5 Å². The van der Waals surface area contributed by atoms with Gasteiger partial charge in [0.05, 0.1) is 28.3 Å². The van der Waals surface area contributed by atoms with Crippen LogP contribution >= 0.6 is 0 Å². The summed E-state index contributed by atoms with van der Waals surface area (Å²) in [6.07, 6.45) is 33.4. The molecule has 6 aliphatic rings.